The molecule has 0 bridgehead atoms. The lowest BCUT2D eigenvalue weighted by Crippen LogP contribution is -2.44. The normalized spacial score (nSPS) is 12.3. The number of rotatable bonds is 6. The molecule has 20 heavy (non-hydrogen) atoms. The molecule has 3 N–H and O–H groups in total. The van der Waals surface area contributed by atoms with Gasteiger partial charge in [0.15, 0.2) is 0 Å². The summed E-state index contributed by atoms with van der Waals surface area (Å²) in [5.74, 6) is 0. The Morgan fingerprint density at radius 1 is 1.35 bits per heavy atom. The molecule has 0 heterocycles. The first kappa shape index (κ1) is 16.4. The van der Waals surface area contributed by atoms with Crippen molar-refractivity contribution >= 4 is 21.4 Å². The van der Waals surface area contributed by atoms with Gasteiger partial charge in [-0.2, -0.15) is 0 Å². The maximum Gasteiger partial charge on any atom is 0.292 e. The SMILES string of the molecule is CCC(C)(CC)NS(=O)(=O)c1ccc([N+](=O)[O-])c(N)c1. The number of nitro benzene ring substituents is 1. The average molecular weight is 301 g/mol. The number of benzene rings is 1. The van der Waals surface area contributed by atoms with Crippen molar-refractivity contribution in [3.05, 3.63) is 28.3 Å². The summed E-state index contributed by atoms with van der Waals surface area (Å²) in [4.78, 5) is 9.94. The van der Waals surface area contributed by atoms with Crippen LogP contribution in [0.3, 0.4) is 0 Å². The fourth-order valence-corrected chi connectivity index (χ4v) is 3.23. The topological polar surface area (TPSA) is 115 Å². The smallest absolute Gasteiger partial charge is 0.292 e. The van der Waals surface area contributed by atoms with E-state index in [0.717, 1.165) is 12.1 Å². The first-order valence-electron chi connectivity index (χ1n) is 6.23. The second-order valence-corrected chi connectivity index (χ2v) is 6.53. The van der Waals surface area contributed by atoms with Crippen LogP contribution in [0.15, 0.2) is 23.1 Å². The zero-order valence-corrected chi connectivity index (χ0v) is 12.5. The number of anilines is 1. The number of nitro groups is 1. The summed E-state index contributed by atoms with van der Waals surface area (Å²) in [5.41, 5.74) is 4.47. The number of hydrogen-bond donors (Lipinski definition) is 2. The lowest BCUT2D eigenvalue weighted by Gasteiger charge is -2.27. The van der Waals surface area contributed by atoms with Crippen LogP contribution < -0.4 is 10.5 Å². The molecule has 0 fully saturated rings. The van der Waals surface area contributed by atoms with Gasteiger partial charge in [-0.25, -0.2) is 13.1 Å². The molecule has 0 amide bonds. The fourth-order valence-electron chi connectivity index (χ4n) is 1.64. The summed E-state index contributed by atoms with van der Waals surface area (Å²) in [6, 6.07) is 3.38. The van der Waals surface area contributed by atoms with Crippen LogP contribution in [0.4, 0.5) is 11.4 Å². The van der Waals surface area contributed by atoms with Crippen LogP contribution in [-0.2, 0) is 10.0 Å². The molecule has 0 radical (unpaired) electrons. The predicted octanol–water partition coefficient (Wildman–Crippen LogP) is 2.03. The van der Waals surface area contributed by atoms with E-state index < -0.39 is 20.5 Å². The highest BCUT2D eigenvalue weighted by Gasteiger charge is 2.28. The molecule has 0 unspecified atom stereocenters. The highest BCUT2D eigenvalue weighted by atomic mass is 32.2. The minimum absolute atomic E-state index is 0.0753. The highest BCUT2D eigenvalue weighted by molar-refractivity contribution is 7.89. The molecule has 112 valence electrons. The minimum Gasteiger partial charge on any atom is -0.393 e. The van der Waals surface area contributed by atoms with E-state index in [9.17, 15) is 18.5 Å². The summed E-state index contributed by atoms with van der Waals surface area (Å²) >= 11 is 0. The number of sulfonamides is 1. The highest BCUT2D eigenvalue weighted by Crippen LogP contribution is 2.26. The second-order valence-electron chi connectivity index (χ2n) is 4.85. The van der Waals surface area contributed by atoms with E-state index in [1.54, 1.807) is 6.92 Å². The largest absolute Gasteiger partial charge is 0.393 e. The number of nitrogen functional groups attached to an aromatic ring is 1. The van der Waals surface area contributed by atoms with Crippen molar-refractivity contribution in [1.82, 2.24) is 4.72 Å². The number of hydrogen-bond acceptors (Lipinski definition) is 5. The molecule has 0 aliphatic carbocycles. The first-order valence-corrected chi connectivity index (χ1v) is 7.71. The Balaban J connectivity index is 3.17. The number of nitrogens with two attached hydrogens (primary N) is 1. The molecule has 1 rings (SSSR count). The standard InChI is InChI=1S/C12H19N3O4S/c1-4-12(3,5-2)14-20(18,19)9-6-7-11(15(16)17)10(13)8-9/h6-8,14H,4-5,13H2,1-3H3. The Bertz CT molecular complexity index is 609. The Morgan fingerprint density at radius 3 is 2.30 bits per heavy atom. The van der Waals surface area contributed by atoms with Gasteiger partial charge in [-0.15, -0.1) is 0 Å². The van der Waals surface area contributed by atoms with Crippen LogP contribution in [0, 0.1) is 10.1 Å². The van der Waals surface area contributed by atoms with E-state index in [1.807, 2.05) is 13.8 Å². The molecule has 1 aromatic rings. The van der Waals surface area contributed by atoms with Gasteiger partial charge in [0.1, 0.15) is 5.69 Å². The predicted molar refractivity (Wildman–Crippen MR) is 76.8 cm³/mol. The molecule has 0 aliphatic heterocycles. The van der Waals surface area contributed by atoms with Gasteiger partial charge in [0, 0.05) is 11.6 Å². The van der Waals surface area contributed by atoms with Crippen LogP contribution in [0.1, 0.15) is 33.6 Å². The molecule has 1 aromatic carbocycles. The van der Waals surface area contributed by atoms with Crippen LogP contribution in [-0.4, -0.2) is 18.9 Å². The quantitative estimate of drug-likeness (QED) is 0.474. The van der Waals surface area contributed by atoms with Crippen LogP contribution in [0.5, 0.6) is 0 Å². The summed E-state index contributed by atoms with van der Waals surface area (Å²) in [6.45, 7) is 5.58. The van der Waals surface area contributed by atoms with E-state index in [2.05, 4.69) is 4.72 Å². The molecule has 0 aliphatic rings. The van der Waals surface area contributed by atoms with Crippen molar-refractivity contribution in [2.75, 3.05) is 5.73 Å². The van der Waals surface area contributed by atoms with Gasteiger partial charge >= 0.3 is 0 Å². The molecule has 0 spiro atoms. The molecule has 7 nitrogen and oxygen atoms in total. The van der Waals surface area contributed by atoms with E-state index >= 15 is 0 Å². The maximum absolute atomic E-state index is 12.3. The molecule has 0 aromatic heterocycles. The average Bonchev–Trinajstić information content (AvgIpc) is 2.37. The van der Waals surface area contributed by atoms with Crippen molar-refractivity contribution in [1.29, 1.82) is 0 Å². The van der Waals surface area contributed by atoms with Crippen LogP contribution in [0.2, 0.25) is 0 Å². The number of nitrogens with zero attached hydrogens (tertiary/aromatic N) is 1. The van der Waals surface area contributed by atoms with Gasteiger partial charge in [0.25, 0.3) is 5.69 Å². The van der Waals surface area contributed by atoms with Gasteiger partial charge in [0.2, 0.25) is 10.0 Å². The van der Waals surface area contributed by atoms with Crippen molar-refractivity contribution in [2.45, 2.75) is 44.0 Å². The minimum atomic E-state index is -3.76. The third-order valence-electron chi connectivity index (χ3n) is 3.45. The van der Waals surface area contributed by atoms with E-state index in [4.69, 9.17) is 5.73 Å². The molecule has 0 saturated heterocycles. The van der Waals surface area contributed by atoms with E-state index in [-0.39, 0.29) is 16.3 Å². The lowest BCUT2D eigenvalue weighted by atomic mass is 9.98. The van der Waals surface area contributed by atoms with Gasteiger partial charge in [0.05, 0.1) is 9.82 Å². The second kappa shape index (κ2) is 5.76. The molecular weight excluding hydrogens is 282 g/mol. The van der Waals surface area contributed by atoms with Gasteiger partial charge < -0.3 is 5.73 Å². The van der Waals surface area contributed by atoms with Crippen molar-refractivity contribution in [3.8, 4) is 0 Å². The van der Waals surface area contributed by atoms with E-state index in [0.29, 0.717) is 12.8 Å². The monoisotopic (exact) mass is 301 g/mol. The molecule has 0 saturated carbocycles. The lowest BCUT2D eigenvalue weighted by molar-refractivity contribution is -0.383. The maximum atomic E-state index is 12.3. The Morgan fingerprint density at radius 2 is 1.90 bits per heavy atom. The van der Waals surface area contributed by atoms with Gasteiger partial charge in [-0.3, -0.25) is 10.1 Å². The van der Waals surface area contributed by atoms with Crippen LogP contribution >= 0.6 is 0 Å². The Labute approximate surface area is 118 Å². The summed E-state index contributed by atoms with van der Waals surface area (Å²) in [5, 5.41) is 10.7. The molecule has 0 atom stereocenters. The third kappa shape index (κ3) is 3.45. The van der Waals surface area contributed by atoms with Crippen molar-refractivity contribution < 1.29 is 13.3 Å². The Hall–Kier alpha value is -1.67. The zero-order valence-electron chi connectivity index (χ0n) is 11.7. The van der Waals surface area contributed by atoms with Gasteiger partial charge in [-0.05, 0) is 31.9 Å². The van der Waals surface area contributed by atoms with E-state index in [1.165, 1.54) is 6.07 Å². The van der Waals surface area contributed by atoms with Crippen molar-refractivity contribution in [3.63, 3.8) is 0 Å². The van der Waals surface area contributed by atoms with Crippen LogP contribution in [0.25, 0.3) is 0 Å². The fraction of sp³-hybridized carbons (Fsp3) is 0.500. The summed E-state index contributed by atoms with van der Waals surface area (Å²) in [6.07, 6.45) is 1.26. The third-order valence-corrected chi connectivity index (χ3v) is 5.08. The molecular formula is C12H19N3O4S. The van der Waals surface area contributed by atoms with Gasteiger partial charge in [-0.1, -0.05) is 13.8 Å². The van der Waals surface area contributed by atoms with Crippen molar-refractivity contribution in [2.24, 2.45) is 0 Å². The number of nitrogens with one attached hydrogen (secondary N) is 1. The first-order chi connectivity index (χ1) is 9.15. The zero-order chi connectivity index (χ0) is 15.6. The Kier molecular flexibility index (Phi) is 4.72. The molecule has 8 heteroatoms. The summed E-state index contributed by atoms with van der Waals surface area (Å²) in [7, 11) is -3.76. The summed E-state index contributed by atoms with van der Waals surface area (Å²) < 4.78 is 27.1.